The van der Waals surface area contributed by atoms with Gasteiger partial charge < -0.3 is 14.8 Å². The molecular formula is C19H25BrN2O2S. The molecule has 0 radical (unpaired) electrons. The molecule has 1 fully saturated rings. The first-order valence-electron chi connectivity index (χ1n) is 8.55. The number of ether oxygens (including phenoxy) is 2. The van der Waals surface area contributed by atoms with E-state index < -0.39 is 0 Å². The zero-order chi connectivity index (χ0) is 17.8. The predicted molar refractivity (Wildman–Crippen MR) is 107 cm³/mol. The predicted octanol–water partition coefficient (Wildman–Crippen LogP) is 4.22. The maximum absolute atomic E-state index is 5.56. The molecule has 1 aromatic carbocycles. The van der Waals surface area contributed by atoms with E-state index in [4.69, 9.17) is 9.47 Å². The van der Waals surface area contributed by atoms with E-state index in [1.54, 1.807) is 14.2 Å². The zero-order valence-corrected chi connectivity index (χ0v) is 17.4. The molecule has 0 aliphatic carbocycles. The molecule has 25 heavy (non-hydrogen) atoms. The van der Waals surface area contributed by atoms with Gasteiger partial charge in [-0.1, -0.05) is 15.9 Å². The van der Waals surface area contributed by atoms with Gasteiger partial charge in [-0.3, -0.25) is 4.90 Å². The van der Waals surface area contributed by atoms with Gasteiger partial charge in [-0.2, -0.15) is 0 Å². The van der Waals surface area contributed by atoms with Crippen molar-refractivity contribution in [3.8, 4) is 11.5 Å². The molecule has 1 saturated heterocycles. The molecule has 0 amide bonds. The summed E-state index contributed by atoms with van der Waals surface area (Å²) in [5.74, 6) is 1.52. The lowest BCUT2D eigenvalue weighted by molar-refractivity contribution is 0.242. The lowest BCUT2D eigenvalue weighted by Crippen LogP contribution is -2.32. The average molecular weight is 425 g/mol. The van der Waals surface area contributed by atoms with Crippen molar-refractivity contribution in [1.29, 1.82) is 0 Å². The van der Waals surface area contributed by atoms with E-state index in [1.165, 1.54) is 16.0 Å². The zero-order valence-electron chi connectivity index (χ0n) is 15.0. The summed E-state index contributed by atoms with van der Waals surface area (Å²) in [6.07, 6.45) is 1.16. The minimum atomic E-state index is 0.216. The standard InChI is InChI=1S/C19H25BrN2O2S/c1-13-9-18(25-12-13)19(22-7-4-5-21-6-8-22)14-10-16(23-2)17(24-3)11-15(14)20/h9-12,19,21H,4-8H2,1-3H3. The molecule has 2 aromatic rings. The third kappa shape index (κ3) is 4.19. The van der Waals surface area contributed by atoms with Crippen molar-refractivity contribution in [3.05, 3.63) is 44.1 Å². The van der Waals surface area contributed by atoms with Crippen molar-refractivity contribution < 1.29 is 9.47 Å². The summed E-state index contributed by atoms with van der Waals surface area (Å²) in [5, 5.41) is 5.73. The summed E-state index contributed by atoms with van der Waals surface area (Å²) < 4.78 is 12.1. The number of methoxy groups -OCH3 is 2. The van der Waals surface area contributed by atoms with Crippen molar-refractivity contribution in [1.82, 2.24) is 10.2 Å². The van der Waals surface area contributed by atoms with E-state index in [1.807, 2.05) is 17.4 Å². The first-order chi connectivity index (χ1) is 12.1. The molecule has 136 valence electrons. The molecule has 2 heterocycles. The van der Waals surface area contributed by atoms with Crippen LogP contribution in [0, 0.1) is 6.92 Å². The van der Waals surface area contributed by atoms with Crippen molar-refractivity contribution >= 4 is 27.3 Å². The number of benzene rings is 1. The van der Waals surface area contributed by atoms with Gasteiger partial charge in [-0.25, -0.2) is 0 Å². The van der Waals surface area contributed by atoms with Gasteiger partial charge in [0.1, 0.15) is 0 Å². The van der Waals surface area contributed by atoms with E-state index in [0.29, 0.717) is 0 Å². The maximum Gasteiger partial charge on any atom is 0.161 e. The minimum absolute atomic E-state index is 0.216. The fourth-order valence-corrected chi connectivity index (χ4v) is 4.92. The van der Waals surface area contributed by atoms with Crippen molar-refractivity contribution in [2.24, 2.45) is 0 Å². The largest absolute Gasteiger partial charge is 0.493 e. The van der Waals surface area contributed by atoms with Gasteiger partial charge in [0.2, 0.25) is 0 Å². The molecule has 1 N–H and O–H groups in total. The SMILES string of the molecule is COc1cc(Br)c(C(c2cc(C)cs2)N2CCCNCC2)cc1OC. The lowest BCUT2D eigenvalue weighted by Gasteiger charge is -2.31. The van der Waals surface area contributed by atoms with Crippen LogP contribution in [0.3, 0.4) is 0 Å². The van der Waals surface area contributed by atoms with Crippen LogP contribution < -0.4 is 14.8 Å². The summed E-state index contributed by atoms with van der Waals surface area (Å²) in [5.41, 5.74) is 2.54. The van der Waals surface area contributed by atoms with E-state index in [9.17, 15) is 0 Å². The second kappa shape index (κ2) is 8.54. The van der Waals surface area contributed by atoms with Crippen LogP contribution in [0.2, 0.25) is 0 Å². The van der Waals surface area contributed by atoms with Crippen LogP contribution in [0.5, 0.6) is 11.5 Å². The highest BCUT2D eigenvalue weighted by Gasteiger charge is 2.27. The topological polar surface area (TPSA) is 33.7 Å². The third-order valence-corrected chi connectivity index (χ3v) is 6.35. The summed E-state index contributed by atoms with van der Waals surface area (Å²) >= 11 is 5.60. The highest BCUT2D eigenvalue weighted by atomic mass is 79.9. The van der Waals surface area contributed by atoms with Gasteiger partial charge in [0, 0.05) is 29.0 Å². The Morgan fingerprint density at radius 3 is 2.56 bits per heavy atom. The van der Waals surface area contributed by atoms with Crippen LogP contribution in [0.1, 0.15) is 28.5 Å². The molecular weight excluding hydrogens is 400 g/mol. The highest BCUT2D eigenvalue weighted by Crippen LogP contribution is 2.42. The Bertz CT molecular complexity index is 711. The monoisotopic (exact) mass is 424 g/mol. The maximum atomic E-state index is 5.56. The Labute approximate surface area is 162 Å². The quantitative estimate of drug-likeness (QED) is 0.778. The molecule has 1 aliphatic rings. The second-order valence-electron chi connectivity index (χ2n) is 6.30. The molecule has 1 unspecified atom stereocenters. The molecule has 0 spiro atoms. The Balaban J connectivity index is 2.07. The molecule has 6 heteroatoms. The first-order valence-corrected chi connectivity index (χ1v) is 10.2. The van der Waals surface area contributed by atoms with E-state index >= 15 is 0 Å². The van der Waals surface area contributed by atoms with E-state index in [-0.39, 0.29) is 6.04 Å². The Hall–Kier alpha value is -1.08. The van der Waals surface area contributed by atoms with Crippen molar-refractivity contribution in [2.75, 3.05) is 40.4 Å². The second-order valence-corrected chi connectivity index (χ2v) is 8.09. The molecule has 1 atom stereocenters. The molecule has 0 saturated carbocycles. The van der Waals surface area contributed by atoms with Gasteiger partial charge in [0.25, 0.3) is 0 Å². The lowest BCUT2D eigenvalue weighted by atomic mass is 10.0. The van der Waals surface area contributed by atoms with Crippen LogP contribution >= 0.6 is 27.3 Å². The van der Waals surface area contributed by atoms with Crippen molar-refractivity contribution in [3.63, 3.8) is 0 Å². The number of halogens is 1. The number of rotatable bonds is 5. The van der Waals surface area contributed by atoms with Crippen molar-refractivity contribution in [2.45, 2.75) is 19.4 Å². The fraction of sp³-hybridized carbons (Fsp3) is 0.474. The smallest absolute Gasteiger partial charge is 0.161 e. The number of nitrogens with zero attached hydrogens (tertiary/aromatic N) is 1. The van der Waals surface area contributed by atoms with Gasteiger partial charge >= 0.3 is 0 Å². The number of aryl methyl sites for hydroxylation is 1. The van der Waals surface area contributed by atoms with E-state index in [2.05, 4.69) is 50.6 Å². The third-order valence-electron chi connectivity index (χ3n) is 4.56. The van der Waals surface area contributed by atoms with Gasteiger partial charge in [0.15, 0.2) is 11.5 Å². The highest BCUT2D eigenvalue weighted by molar-refractivity contribution is 9.10. The van der Waals surface area contributed by atoms with Crippen LogP contribution in [0.15, 0.2) is 28.1 Å². The molecule has 4 nitrogen and oxygen atoms in total. The number of nitrogens with one attached hydrogen (secondary N) is 1. The summed E-state index contributed by atoms with van der Waals surface area (Å²) in [7, 11) is 3.36. The Morgan fingerprint density at radius 1 is 1.12 bits per heavy atom. The summed E-state index contributed by atoms with van der Waals surface area (Å²) in [6.45, 7) is 6.37. The summed E-state index contributed by atoms with van der Waals surface area (Å²) in [6, 6.07) is 6.64. The number of hydrogen-bond donors (Lipinski definition) is 1. The van der Waals surface area contributed by atoms with Gasteiger partial charge in [-0.05, 0) is 54.6 Å². The Morgan fingerprint density at radius 2 is 1.88 bits per heavy atom. The first kappa shape index (κ1) is 18.7. The molecule has 3 rings (SSSR count). The van der Waals surface area contributed by atoms with Crippen LogP contribution in [0.25, 0.3) is 0 Å². The van der Waals surface area contributed by atoms with Crippen LogP contribution in [0.4, 0.5) is 0 Å². The normalized spacial score (nSPS) is 17.1. The van der Waals surface area contributed by atoms with Gasteiger partial charge in [0.05, 0.1) is 20.3 Å². The molecule has 0 bridgehead atoms. The molecule has 1 aromatic heterocycles. The molecule has 1 aliphatic heterocycles. The van der Waals surface area contributed by atoms with E-state index in [0.717, 1.165) is 48.6 Å². The fourth-order valence-electron chi connectivity index (χ4n) is 3.33. The number of thiophene rings is 1. The number of hydrogen-bond acceptors (Lipinski definition) is 5. The van der Waals surface area contributed by atoms with Crippen LogP contribution in [-0.2, 0) is 0 Å². The summed E-state index contributed by atoms with van der Waals surface area (Å²) in [4.78, 5) is 3.93. The minimum Gasteiger partial charge on any atom is -0.493 e. The van der Waals surface area contributed by atoms with Crippen LogP contribution in [-0.4, -0.2) is 45.3 Å². The Kier molecular flexibility index (Phi) is 6.39. The average Bonchev–Trinajstić information content (AvgIpc) is 2.87. The van der Waals surface area contributed by atoms with Gasteiger partial charge in [-0.15, -0.1) is 11.3 Å².